The van der Waals surface area contributed by atoms with Gasteiger partial charge in [0.2, 0.25) is 10.0 Å². The molecule has 1 aromatic heterocycles. The lowest BCUT2D eigenvalue weighted by Crippen LogP contribution is -2.27. The Bertz CT molecular complexity index is 410. The van der Waals surface area contributed by atoms with Crippen LogP contribution in [0.1, 0.15) is 19.5 Å². The van der Waals surface area contributed by atoms with Crippen LogP contribution in [0.25, 0.3) is 0 Å². The molecular weight excluding hydrogens is 212 g/mol. The molecule has 15 heavy (non-hydrogen) atoms. The van der Waals surface area contributed by atoms with Gasteiger partial charge in [-0.3, -0.25) is 4.98 Å². The lowest BCUT2D eigenvalue weighted by molar-refractivity contribution is 0.560. The highest BCUT2D eigenvalue weighted by molar-refractivity contribution is 7.89. The molecule has 84 valence electrons. The Morgan fingerprint density at radius 1 is 1.40 bits per heavy atom. The van der Waals surface area contributed by atoms with E-state index in [4.69, 9.17) is 0 Å². The van der Waals surface area contributed by atoms with Crippen LogP contribution >= 0.6 is 0 Å². The Balaban J connectivity index is 2.82. The topological polar surface area (TPSA) is 59.1 Å². The van der Waals surface area contributed by atoms with E-state index in [1.165, 1.54) is 6.20 Å². The van der Waals surface area contributed by atoms with Gasteiger partial charge in [0.15, 0.2) is 0 Å². The third kappa shape index (κ3) is 3.60. The highest BCUT2D eigenvalue weighted by Gasteiger charge is 2.13. The smallest absolute Gasteiger partial charge is 0.242 e. The van der Waals surface area contributed by atoms with Crippen LogP contribution in [0.2, 0.25) is 0 Å². The Kier molecular flexibility index (Phi) is 3.82. The maximum atomic E-state index is 11.7. The van der Waals surface area contributed by atoms with Gasteiger partial charge in [0.25, 0.3) is 0 Å². The molecule has 0 aromatic carbocycles. The van der Waals surface area contributed by atoms with Crippen molar-refractivity contribution in [2.75, 3.05) is 6.54 Å². The molecule has 1 rings (SSSR count). The maximum Gasteiger partial charge on any atom is 0.242 e. The zero-order chi connectivity index (χ0) is 11.5. The summed E-state index contributed by atoms with van der Waals surface area (Å²) in [4.78, 5) is 4.17. The molecule has 0 bridgehead atoms. The minimum Gasteiger partial charge on any atom is -0.260 e. The lowest BCUT2D eigenvalue weighted by atomic mass is 10.2. The lowest BCUT2D eigenvalue weighted by Gasteiger charge is -2.08. The number of aryl methyl sites for hydroxylation is 1. The van der Waals surface area contributed by atoms with Crippen LogP contribution in [0.3, 0.4) is 0 Å². The number of hydrogen-bond acceptors (Lipinski definition) is 3. The van der Waals surface area contributed by atoms with Gasteiger partial charge in [-0.2, -0.15) is 0 Å². The number of sulfonamides is 1. The van der Waals surface area contributed by atoms with Crippen LogP contribution in [-0.2, 0) is 10.0 Å². The first kappa shape index (κ1) is 12.1. The molecule has 5 heteroatoms. The van der Waals surface area contributed by atoms with E-state index < -0.39 is 10.0 Å². The standard InChI is InChI=1S/C10H16N2O2S/c1-8(2)6-12-15(13,14)10-5-4-9(3)11-7-10/h4-5,7-8,12H,6H2,1-3H3. The van der Waals surface area contributed by atoms with Crippen molar-refractivity contribution in [1.82, 2.24) is 9.71 Å². The predicted molar refractivity (Wildman–Crippen MR) is 59.0 cm³/mol. The first-order chi connectivity index (χ1) is 6.92. The second-order valence-electron chi connectivity index (χ2n) is 3.88. The van der Waals surface area contributed by atoms with Gasteiger partial charge in [-0.25, -0.2) is 13.1 Å². The van der Waals surface area contributed by atoms with Crippen molar-refractivity contribution in [1.29, 1.82) is 0 Å². The SMILES string of the molecule is Cc1ccc(S(=O)(=O)NCC(C)C)cn1. The highest BCUT2D eigenvalue weighted by Crippen LogP contribution is 2.07. The van der Waals surface area contributed by atoms with Gasteiger partial charge in [0.1, 0.15) is 4.90 Å². The molecule has 0 saturated heterocycles. The van der Waals surface area contributed by atoms with Crippen molar-refractivity contribution in [2.45, 2.75) is 25.7 Å². The third-order valence-corrected chi connectivity index (χ3v) is 3.28. The van der Waals surface area contributed by atoms with Crippen LogP contribution in [-0.4, -0.2) is 19.9 Å². The molecule has 0 amide bonds. The van der Waals surface area contributed by atoms with Gasteiger partial charge < -0.3 is 0 Å². The minimum atomic E-state index is -3.38. The Hall–Kier alpha value is -0.940. The van der Waals surface area contributed by atoms with E-state index in [1.807, 2.05) is 20.8 Å². The number of pyridine rings is 1. The van der Waals surface area contributed by atoms with Crippen molar-refractivity contribution in [3.05, 3.63) is 24.0 Å². The molecule has 0 aliphatic rings. The van der Waals surface area contributed by atoms with Crippen molar-refractivity contribution < 1.29 is 8.42 Å². The average Bonchev–Trinajstić information content (AvgIpc) is 2.16. The van der Waals surface area contributed by atoms with Crippen molar-refractivity contribution >= 4 is 10.0 Å². The second kappa shape index (κ2) is 4.72. The zero-order valence-electron chi connectivity index (χ0n) is 9.19. The van der Waals surface area contributed by atoms with E-state index in [2.05, 4.69) is 9.71 Å². The third-order valence-electron chi connectivity index (χ3n) is 1.88. The average molecular weight is 228 g/mol. The van der Waals surface area contributed by atoms with Crippen LogP contribution < -0.4 is 4.72 Å². The van der Waals surface area contributed by atoms with E-state index >= 15 is 0 Å². The summed E-state index contributed by atoms with van der Waals surface area (Å²) in [5.41, 5.74) is 0.804. The molecule has 0 fully saturated rings. The number of rotatable bonds is 4. The molecule has 0 atom stereocenters. The summed E-state index contributed by atoms with van der Waals surface area (Å²) in [7, 11) is -3.38. The molecular formula is C10H16N2O2S. The number of nitrogens with zero attached hydrogens (tertiary/aromatic N) is 1. The molecule has 1 N–H and O–H groups in total. The molecule has 0 unspecified atom stereocenters. The van der Waals surface area contributed by atoms with E-state index in [0.717, 1.165) is 5.69 Å². The quantitative estimate of drug-likeness (QED) is 0.845. The summed E-state index contributed by atoms with van der Waals surface area (Å²) < 4.78 is 25.9. The fourth-order valence-corrected chi connectivity index (χ4v) is 2.13. The number of aromatic nitrogens is 1. The molecule has 4 nitrogen and oxygen atoms in total. The fourth-order valence-electron chi connectivity index (χ4n) is 0.973. The Morgan fingerprint density at radius 3 is 2.53 bits per heavy atom. The van der Waals surface area contributed by atoms with Crippen LogP contribution in [0.15, 0.2) is 23.2 Å². The first-order valence-electron chi connectivity index (χ1n) is 4.84. The number of nitrogens with one attached hydrogen (secondary N) is 1. The molecule has 1 aromatic rings. The highest BCUT2D eigenvalue weighted by atomic mass is 32.2. The van der Waals surface area contributed by atoms with E-state index in [0.29, 0.717) is 6.54 Å². The van der Waals surface area contributed by atoms with Gasteiger partial charge >= 0.3 is 0 Å². The maximum absolute atomic E-state index is 11.7. The fraction of sp³-hybridized carbons (Fsp3) is 0.500. The summed E-state index contributed by atoms with van der Waals surface area (Å²) in [5, 5.41) is 0. The normalized spacial score (nSPS) is 12.0. The van der Waals surface area contributed by atoms with Crippen LogP contribution in [0.4, 0.5) is 0 Å². The largest absolute Gasteiger partial charge is 0.260 e. The van der Waals surface area contributed by atoms with E-state index in [1.54, 1.807) is 12.1 Å². The summed E-state index contributed by atoms with van der Waals surface area (Å²) in [6.07, 6.45) is 1.37. The molecule has 0 spiro atoms. The monoisotopic (exact) mass is 228 g/mol. The van der Waals surface area contributed by atoms with Gasteiger partial charge in [-0.1, -0.05) is 13.8 Å². The molecule has 0 aliphatic heterocycles. The van der Waals surface area contributed by atoms with Gasteiger partial charge in [-0.15, -0.1) is 0 Å². The molecule has 1 heterocycles. The van der Waals surface area contributed by atoms with E-state index in [-0.39, 0.29) is 10.8 Å². The second-order valence-corrected chi connectivity index (χ2v) is 5.65. The predicted octanol–water partition coefficient (Wildman–Crippen LogP) is 1.32. The Labute approximate surface area is 90.8 Å². The van der Waals surface area contributed by atoms with Crippen molar-refractivity contribution in [2.24, 2.45) is 5.92 Å². The summed E-state index contributed by atoms with van der Waals surface area (Å²) >= 11 is 0. The van der Waals surface area contributed by atoms with Gasteiger partial charge in [0, 0.05) is 18.4 Å². The molecule has 0 saturated carbocycles. The Morgan fingerprint density at radius 2 is 2.07 bits per heavy atom. The molecule has 0 aliphatic carbocycles. The van der Waals surface area contributed by atoms with Crippen LogP contribution in [0.5, 0.6) is 0 Å². The zero-order valence-corrected chi connectivity index (χ0v) is 10.0. The van der Waals surface area contributed by atoms with E-state index in [9.17, 15) is 8.42 Å². The summed E-state index contributed by atoms with van der Waals surface area (Å²) in [6, 6.07) is 3.24. The van der Waals surface area contributed by atoms with Gasteiger partial charge in [-0.05, 0) is 25.0 Å². The van der Waals surface area contributed by atoms with Gasteiger partial charge in [0.05, 0.1) is 0 Å². The van der Waals surface area contributed by atoms with Crippen molar-refractivity contribution in [3.63, 3.8) is 0 Å². The van der Waals surface area contributed by atoms with Crippen LogP contribution in [0, 0.1) is 12.8 Å². The molecule has 0 radical (unpaired) electrons. The first-order valence-corrected chi connectivity index (χ1v) is 6.32. The summed E-state index contributed by atoms with van der Waals surface area (Å²) in [6.45, 7) is 6.17. The summed E-state index contributed by atoms with van der Waals surface area (Å²) in [5.74, 6) is 0.290. The minimum absolute atomic E-state index is 0.216. The number of hydrogen-bond donors (Lipinski definition) is 1. The van der Waals surface area contributed by atoms with Crippen molar-refractivity contribution in [3.8, 4) is 0 Å².